The molecule has 164 valence electrons. The number of rotatable bonds is 12. The number of hydrogen-bond acceptors (Lipinski definition) is 3. The van der Waals surface area contributed by atoms with Crippen LogP contribution in [0.3, 0.4) is 0 Å². The Labute approximate surface area is 174 Å². The lowest BCUT2D eigenvalue weighted by atomic mass is 9.80. The zero-order valence-corrected chi connectivity index (χ0v) is 19.5. The number of unbranched alkanes of at least 4 members (excludes halogenated alkanes) is 6. The predicted octanol–water partition coefficient (Wildman–Crippen LogP) is 6.52. The average molecular weight is 414 g/mol. The molecular formula is C23H43NO3S. The van der Waals surface area contributed by atoms with Crippen LogP contribution in [-0.2, 0) is 10.1 Å². The molecular weight excluding hydrogens is 370 g/mol. The standard InChI is InChI=1S/C16H35N.C7H8O3S/c1-5-7-9-11-13-15(16(3,4)17)14-12-10-8-6-2;1-6-2-4-7(5-3-6)11(8,9)10/h15H,5-14,17H2,1-4H3;2-5H,1H3,(H,8,9,10). The van der Waals surface area contributed by atoms with Crippen LogP contribution in [0.2, 0.25) is 0 Å². The van der Waals surface area contributed by atoms with Crippen molar-refractivity contribution in [1.29, 1.82) is 0 Å². The van der Waals surface area contributed by atoms with E-state index in [1.807, 2.05) is 6.92 Å². The summed E-state index contributed by atoms with van der Waals surface area (Å²) in [6.45, 7) is 10.8. The molecule has 0 aliphatic rings. The first-order chi connectivity index (χ1) is 13.0. The van der Waals surface area contributed by atoms with Gasteiger partial charge in [0.05, 0.1) is 4.90 Å². The quantitative estimate of drug-likeness (QED) is 0.302. The topological polar surface area (TPSA) is 80.4 Å². The second-order valence-electron chi connectivity index (χ2n) is 8.51. The maximum absolute atomic E-state index is 10.5. The van der Waals surface area contributed by atoms with Crippen LogP contribution in [0, 0.1) is 12.8 Å². The monoisotopic (exact) mass is 413 g/mol. The van der Waals surface area contributed by atoms with Crippen molar-refractivity contribution >= 4 is 10.1 Å². The molecule has 0 aliphatic heterocycles. The van der Waals surface area contributed by atoms with Crippen molar-refractivity contribution in [3.8, 4) is 0 Å². The summed E-state index contributed by atoms with van der Waals surface area (Å²) in [5, 5.41) is 0. The van der Waals surface area contributed by atoms with E-state index < -0.39 is 10.1 Å². The molecule has 0 amide bonds. The van der Waals surface area contributed by atoms with Crippen LogP contribution in [0.4, 0.5) is 0 Å². The predicted molar refractivity (Wildman–Crippen MR) is 120 cm³/mol. The van der Waals surface area contributed by atoms with Crippen LogP contribution >= 0.6 is 0 Å². The van der Waals surface area contributed by atoms with Crippen molar-refractivity contribution in [3.63, 3.8) is 0 Å². The lowest BCUT2D eigenvalue weighted by Gasteiger charge is -2.31. The number of nitrogens with two attached hydrogens (primary N) is 1. The van der Waals surface area contributed by atoms with Crippen LogP contribution in [-0.4, -0.2) is 18.5 Å². The van der Waals surface area contributed by atoms with E-state index in [-0.39, 0.29) is 10.4 Å². The Balaban J connectivity index is 0.000000567. The maximum atomic E-state index is 10.5. The highest BCUT2D eigenvalue weighted by Gasteiger charge is 2.23. The first kappa shape index (κ1) is 27.1. The van der Waals surface area contributed by atoms with Gasteiger partial charge in [-0.15, -0.1) is 0 Å². The van der Waals surface area contributed by atoms with E-state index >= 15 is 0 Å². The van der Waals surface area contributed by atoms with Crippen molar-refractivity contribution in [3.05, 3.63) is 29.8 Å². The van der Waals surface area contributed by atoms with Crippen LogP contribution < -0.4 is 5.73 Å². The Hall–Kier alpha value is -0.910. The van der Waals surface area contributed by atoms with E-state index in [9.17, 15) is 8.42 Å². The van der Waals surface area contributed by atoms with E-state index in [4.69, 9.17) is 10.3 Å². The summed E-state index contributed by atoms with van der Waals surface area (Å²) in [6.07, 6.45) is 13.6. The molecule has 0 bridgehead atoms. The molecule has 0 unspecified atom stereocenters. The Morgan fingerprint density at radius 1 is 0.893 bits per heavy atom. The lowest BCUT2D eigenvalue weighted by molar-refractivity contribution is 0.267. The van der Waals surface area contributed by atoms with Crippen molar-refractivity contribution in [2.45, 2.75) is 109 Å². The summed E-state index contributed by atoms with van der Waals surface area (Å²) < 4.78 is 29.6. The molecule has 0 spiro atoms. The fraction of sp³-hybridized carbons (Fsp3) is 0.739. The molecule has 28 heavy (non-hydrogen) atoms. The Morgan fingerprint density at radius 2 is 1.32 bits per heavy atom. The molecule has 4 nitrogen and oxygen atoms in total. The third-order valence-electron chi connectivity index (χ3n) is 5.18. The molecule has 0 aliphatic carbocycles. The SMILES string of the molecule is CCCCCCC(CCCCCC)C(C)(C)N.Cc1ccc(S(=O)(=O)O)cc1. The van der Waals surface area contributed by atoms with Crippen LogP contribution in [0.25, 0.3) is 0 Å². The Kier molecular flexibility index (Phi) is 13.7. The third kappa shape index (κ3) is 13.3. The minimum atomic E-state index is -4.02. The molecule has 1 aromatic carbocycles. The van der Waals surface area contributed by atoms with Crippen molar-refractivity contribution in [2.75, 3.05) is 0 Å². The second kappa shape index (κ2) is 14.1. The minimum Gasteiger partial charge on any atom is -0.325 e. The van der Waals surface area contributed by atoms with Gasteiger partial charge in [0.25, 0.3) is 10.1 Å². The zero-order chi connectivity index (χ0) is 21.6. The molecule has 0 saturated heterocycles. The van der Waals surface area contributed by atoms with Crippen LogP contribution in [0.5, 0.6) is 0 Å². The number of hydrogen-bond donors (Lipinski definition) is 2. The summed E-state index contributed by atoms with van der Waals surface area (Å²) >= 11 is 0. The lowest BCUT2D eigenvalue weighted by Crippen LogP contribution is -2.40. The highest BCUT2D eigenvalue weighted by Crippen LogP contribution is 2.26. The molecule has 0 aromatic heterocycles. The van der Waals surface area contributed by atoms with Gasteiger partial charge in [0.15, 0.2) is 0 Å². The Bertz CT molecular complexity index is 592. The zero-order valence-electron chi connectivity index (χ0n) is 18.7. The van der Waals surface area contributed by atoms with Crippen molar-refractivity contribution in [2.24, 2.45) is 11.7 Å². The first-order valence-corrected chi connectivity index (χ1v) is 12.3. The molecule has 5 heteroatoms. The van der Waals surface area contributed by atoms with Crippen molar-refractivity contribution in [1.82, 2.24) is 0 Å². The van der Waals surface area contributed by atoms with E-state index in [1.54, 1.807) is 12.1 Å². The fourth-order valence-corrected chi connectivity index (χ4v) is 3.71. The van der Waals surface area contributed by atoms with E-state index in [1.165, 1.54) is 76.3 Å². The van der Waals surface area contributed by atoms with Crippen molar-refractivity contribution < 1.29 is 13.0 Å². The molecule has 0 saturated carbocycles. The Morgan fingerprint density at radius 3 is 1.64 bits per heavy atom. The van der Waals surface area contributed by atoms with Gasteiger partial charge in [0, 0.05) is 5.54 Å². The smallest absolute Gasteiger partial charge is 0.294 e. The highest BCUT2D eigenvalue weighted by atomic mass is 32.2. The van der Waals surface area contributed by atoms with E-state index in [0.717, 1.165) is 11.5 Å². The third-order valence-corrected chi connectivity index (χ3v) is 6.05. The normalized spacial score (nSPS) is 12.0. The van der Waals surface area contributed by atoms with Gasteiger partial charge in [-0.2, -0.15) is 8.42 Å². The maximum Gasteiger partial charge on any atom is 0.294 e. The number of benzene rings is 1. The van der Waals surface area contributed by atoms with Gasteiger partial charge in [-0.3, -0.25) is 4.55 Å². The van der Waals surface area contributed by atoms with E-state index in [2.05, 4.69) is 27.7 Å². The minimum absolute atomic E-state index is 0.0123. The van der Waals surface area contributed by atoms with Crippen LogP contribution in [0.15, 0.2) is 29.2 Å². The summed E-state index contributed by atoms with van der Waals surface area (Å²) in [4.78, 5) is -0.0666. The second-order valence-corrected chi connectivity index (χ2v) is 9.93. The van der Waals surface area contributed by atoms with Gasteiger partial charge in [-0.05, 0) is 51.7 Å². The molecule has 0 heterocycles. The van der Waals surface area contributed by atoms with Gasteiger partial charge in [-0.1, -0.05) is 82.9 Å². The van der Waals surface area contributed by atoms with Gasteiger partial charge in [0.1, 0.15) is 0 Å². The molecule has 1 aromatic rings. The highest BCUT2D eigenvalue weighted by molar-refractivity contribution is 7.85. The first-order valence-electron chi connectivity index (χ1n) is 10.8. The average Bonchev–Trinajstić information content (AvgIpc) is 2.59. The number of aryl methyl sites for hydroxylation is 1. The summed E-state index contributed by atoms with van der Waals surface area (Å²) in [5.41, 5.74) is 7.28. The van der Waals surface area contributed by atoms with Gasteiger partial charge in [-0.25, -0.2) is 0 Å². The van der Waals surface area contributed by atoms with Gasteiger partial charge in [0.2, 0.25) is 0 Å². The summed E-state index contributed by atoms with van der Waals surface area (Å²) in [7, 11) is -4.02. The van der Waals surface area contributed by atoms with Crippen LogP contribution in [0.1, 0.15) is 97.5 Å². The molecule has 0 fully saturated rings. The van der Waals surface area contributed by atoms with E-state index in [0.29, 0.717) is 0 Å². The fourth-order valence-electron chi connectivity index (χ4n) is 3.23. The van der Waals surface area contributed by atoms with Gasteiger partial charge < -0.3 is 5.73 Å². The summed E-state index contributed by atoms with van der Waals surface area (Å²) in [5.74, 6) is 0.719. The molecule has 0 radical (unpaired) electrons. The molecule has 0 atom stereocenters. The van der Waals surface area contributed by atoms with Gasteiger partial charge >= 0.3 is 0 Å². The molecule has 3 N–H and O–H groups in total. The molecule has 1 rings (SSSR count). The summed E-state index contributed by atoms with van der Waals surface area (Å²) in [6, 6.07) is 5.99. The largest absolute Gasteiger partial charge is 0.325 e.